The third-order valence-electron chi connectivity index (χ3n) is 3.05. The molecule has 0 saturated carbocycles. The number of benzene rings is 1. The fraction of sp³-hybridized carbons (Fsp3) is 0.333. The Bertz CT molecular complexity index is 631. The number of hydrogen-bond donors (Lipinski definition) is 1. The molecule has 0 aliphatic carbocycles. The van der Waals surface area contributed by atoms with E-state index in [0.29, 0.717) is 0 Å². The molecule has 0 spiro atoms. The average molecular weight is 269 g/mol. The summed E-state index contributed by atoms with van der Waals surface area (Å²) in [5.41, 5.74) is 6.99. The minimum Gasteiger partial charge on any atom is -0.323 e. The summed E-state index contributed by atoms with van der Waals surface area (Å²) in [6.07, 6.45) is 1.23. The molecular weight excluding hydrogens is 254 g/mol. The molecule has 5 heteroatoms. The largest absolute Gasteiger partial charge is 0.323 e. The zero-order valence-electron chi connectivity index (χ0n) is 9.75. The van der Waals surface area contributed by atoms with Gasteiger partial charge >= 0.3 is 0 Å². The highest BCUT2D eigenvalue weighted by molar-refractivity contribution is 7.91. The highest BCUT2D eigenvalue weighted by Gasteiger charge is 2.25. The Balaban J connectivity index is 2.50. The van der Waals surface area contributed by atoms with Gasteiger partial charge < -0.3 is 5.73 Å². The molecule has 92 valence electrons. The van der Waals surface area contributed by atoms with Crippen LogP contribution in [-0.4, -0.2) is 19.9 Å². The number of fused-ring (bicyclic) bond motifs is 1. The van der Waals surface area contributed by atoms with Crippen LogP contribution in [0.5, 0.6) is 0 Å². The van der Waals surface area contributed by atoms with E-state index in [1.807, 2.05) is 29.6 Å². The SMILES string of the molecule is CC(C(N)c1cccc2ccsc12)S(C)(=O)=O. The van der Waals surface area contributed by atoms with Crippen LogP contribution in [0, 0.1) is 0 Å². The van der Waals surface area contributed by atoms with Gasteiger partial charge in [0.2, 0.25) is 0 Å². The van der Waals surface area contributed by atoms with Gasteiger partial charge in [-0.15, -0.1) is 11.3 Å². The van der Waals surface area contributed by atoms with Crippen molar-refractivity contribution in [2.45, 2.75) is 18.2 Å². The van der Waals surface area contributed by atoms with E-state index in [2.05, 4.69) is 0 Å². The molecule has 1 aromatic heterocycles. The number of hydrogen-bond acceptors (Lipinski definition) is 4. The van der Waals surface area contributed by atoms with Crippen molar-refractivity contribution < 1.29 is 8.42 Å². The van der Waals surface area contributed by atoms with Gasteiger partial charge in [-0.25, -0.2) is 8.42 Å². The van der Waals surface area contributed by atoms with Crippen molar-refractivity contribution in [1.82, 2.24) is 0 Å². The van der Waals surface area contributed by atoms with E-state index in [0.717, 1.165) is 15.6 Å². The van der Waals surface area contributed by atoms with Crippen LogP contribution in [0.3, 0.4) is 0 Å². The standard InChI is InChI=1S/C12H15NO2S2/c1-8(17(2,14)15)11(13)10-5-3-4-9-6-7-16-12(9)10/h3-8,11H,13H2,1-2H3. The van der Waals surface area contributed by atoms with Crippen molar-refractivity contribution >= 4 is 31.3 Å². The first kappa shape index (κ1) is 12.5. The minimum absolute atomic E-state index is 0.479. The molecule has 0 radical (unpaired) electrons. The molecule has 2 rings (SSSR count). The van der Waals surface area contributed by atoms with Gasteiger partial charge in [0.1, 0.15) is 0 Å². The van der Waals surface area contributed by atoms with Crippen LogP contribution >= 0.6 is 11.3 Å². The molecule has 0 fully saturated rings. The predicted octanol–water partition coefficient (Wildman–Crippen LogP) is 2.33. The monoisotopic (exact) mass is 269 g/mol. The van der Waals surface area contributed by atoms with Gasteiger partial charge in [0.25, 0.3) is 0 Å². The lowest BCUT2D eigenvalue weighted by atomic mass is 10.0. The Morgan fingerprint density at radius 2 is 2.00 bits per heavy atom. The first-order valence-corrected chi connectivity index (χ1v) is 8.15. The van der Waals surface area contributed by atoms with Gasteiger partial charge in [-0.2, -0.15) is 0 Å². The maximum atomic E-state index is 11.5. The van der Waals surface area contributed by atoms with E-state index >= 15 is 0 Å². The summed E-state index contributed by atoms with van der Waals surface area (Å²) in [5.74, 6) is 0. The Hall–Kier alpha value is -0.910. The lowest BCUT2D eigenvalue weighted by Gasteiger charge is -2.19. The Morgan fingerprint density at radius 1 is 1.29 bits per heavy atom. The maximum absolute atomic E-state index is 11.5. The van der Waals surface area contributed by atoms with Crippen molar-refractivity contribution in [1.29, 1.82) is 0 Å². The van der Waals surface area contributed by atoms with E-state index in [1.165, 1.54) is 6.26 Å². The van der Waals surface area contributed by atoms with Crippen LogP contribution in [0.15, 0.2) is 29.6 Å². The van der Waals surface area contributed by atoms with Crippen LogP contribution in [-0.2, 0) is 9.84 Å². The zero-order valence-corrected chi connectivity index (χ0v) is 11.4. The van der Waals surface area contributed by atoms with Crippen LogP contribution in [0.4, 0.5) is 0 Å². The second kappa shape index (κ2) is 4.40. The second-order valence-electron chi connectivity index (χ2n) is 4.25. The fourth-order valence-electron chi connectivity index (χ4n) is 1.80. The number of rotatable bonds is 3. The summed E-state index contributed by atoms with van der Waals surface area (Å²) in [5, 5.41) is 2.53. The summed E-state index contributed by atoms with van der Waals surface area (Å²) in [6.45, 7) is 1.66. The molecule has 17 heavy (non-hydrogen) atoms. The molecule has 2 N–H and O–H groups in total. The predicted molar refractivity (Wildman–Crippen MR) is 73.1 cm³/mol. The fourth-order valence-corrected chi connectivity index (χ4v) is 3.44. The van der Waals surface area contributed by atoms with E-state index in [-0.39, 0.29) is 0 Å². The van der Waals surface area contributed by atoms with Crippen molar-refractivity contribution in [3.8, 4) is 0 Å². The molecule has 0 amide bonds. The van der Waals surface area contributed by atoms with Gasteiger partial charge in [0.05, 0.1) is 5.25 Å². The summed E-state index contributed by atoms with van der Waals surface area (Å²) < 4.78 is 24.2. The Kier molecular flexibility index (Phi) is 3.25. The van der Waals surface area contributed by atoms with Crippen molar-refractivity contribution in [2.75, 3.05) is 6.26 Å². The molecule has 0 saturated heterocycles. The zero-order chi connectivity index (χ0) is 12.6. The maximum Gasteiger partial charge on any atom is 0.151 e. The number of sulfone groups is 1. The number of nitrogens with two attached hydrogens (primary N) is 1. The molecular formula is C12H15NO2S2. The van der Waals surface area contributed by atoms with Gasteiger partial charge in [-0.3, -0.25) is 0 Å². The second-order valence-corrected chi connectivity index (χ2v) is 7.57. The smallest absolute Gasteiger partial charge is 0.151 e. The van der Waals surface area contributed by atoms with Crippen LogP contribution in [0.25, 0.3) is 10.1 Å². The van der Waals surface area contributed by atoms with Crippen molar-refractivity contribution in [3.05, 3.63) is 35.2 Å². The first-order chi connectivity index (χ1) is 7.91. The number of thiophene rings is 1. The van der Waals surface area contributed by atoms with Gasteiger partial charge in [-0.05, 0) is 29.3 Å². The summed E-state index contributed by atoms with van der Waals surface area (Å²) in [6, 6.07) is 7.37. The molecule has 1 heterocycles. The minimum atomic E-state index is -3.12. The van der Waals surface area contributed by atoms with Crippen molar-refractivity contribution in [3.63, 3.8) is 0 Å². The molecule has 2 unspecified atom stereocenters. The lowest BCUT2D eigenvalue weighted by molar-refractivity contribution is 0.571. The van der Waals surface area contributed by atoms with Crippen LogP contribution in [0.2, 0.25) is 0 Å². The Labute approximate surface area is 105 Å². The lowest BCUT2D eigenvalue weighted by Crippen LogP contribution is -2.30. The normalized spacial score (nSPS) is 15.9. The molecule has 2 aromatic rings. The van der Waals surface area contributed by atoms with Crippen LogP contribution < -0.4 is 5.73 Å². The third kappa shape index (κ3) is 2.36. The summed E-state index contributed by atoms with van der Waals surface area (Å²) in [4.78, 5) is 0. The van der Waals surface area contributed by atoms with Gasteiger partial charge in [-0.1, -0.05) is 18.2 Å². The van der Waals surface area contributed by atoms with Crippen LogP contribution in [0.1, 0.15) is 18.5 Å². The van der Waals surface area contributed by atoms with Gasteiger partial charge in [0.15, 0.2) is 9.84 Å². The molecule has 0 aliphatic heterocycles. The average Bonchev–Trinajstić information content (AvgIpc) is 2.73. The molecule has 1 aromatic carbocycles. The van der Waals surface area contributed by atoms with E-state index in [4.69, 9.17) is 5.73 Å². The highest BCUT2D eigenvalue weighted by atomic mass is 32.2. The van der Waals surface area contributed by atoms with E-state index in [1.54, 1.807) is 18.3 Å². The third-order valence-corrected chi connectivity index (χ3v) is 5.67. The van der Waals surface area contributed by atoms with Crippen molar-refractivity contribution in [2.24, 2.45) is 5.73 Å². The summed E-state index contributed by atoms with van der Waals surface area (Å²) in [7, 11) is -3.12. The molecule has 0 bridgehead atoms. The topological polar surface area (TPSA) is 60.2 Å². The molecule has 2 atom stereocenters. The van der Waals surface area contributed by atoms with E-state index < -0.39 is 21.1 Å². The molecule has 0 aliphatic rings. The van der Waals surface area contributed by atoms with E-state index in [9.17, 15) is 8.42 Å². The molecule has 3 nitrogen and oxygen atoms in total. The Morgan fingerprint density at radius 3 is 2.65 bits per heavy atom. The quantitative estimate of drug-likeness (QED) is 0.930. The summed E-state index contributed by atoms with van der Waals surface area (Å²) >= 11 is 1.60. The highest BCUT2D eigenvalue weighted by Crippen LogP contribution is 2.30. The first-order valence-electron chi connectivity index (χ1n) is 5.32. The van der Waals surface area contributed by atoms with Gasteiger partial charge in [0, 0.05) is 17.0 Å².